The number of rotatable bonds is 1. The number of methoxy groups -OCH3 is 1. The first kappa shape index (κ1) is 13.5. The molecule has 2 rings (SSSR count). The van der Waals surface area contributed by atoms with E-state index in [0.29, 0.717) is 5.39 Å². The number of pyridine rings is 1. The number of nitrogens with two attached hydrogens (primary N) is 1. The molecule has 0 unspecified atom stereocenters. The van der Waals surface area contributed by atoms with Crippen LogP contribution >= 0.6 is 0 Å². The van der Waals surface area contributed by atoms with E-state index in [0.717, 1.165) is 5.56 Å². The van der Waals surface area contributed by atoms with Crippen LogP contribution in [0.2, 0.25) is 0 Å². The Hall–Kier alpha value is -1.98. The lowest BCUT2D eigenvalue weighted by Crippen LogP contribution is -2.13. The second-order valence-electron chi connectivity index (χ2n) is 4.31. The standard InChI is InChI=1S/C13H13F3N2O/c1-6-4-5-8(19-3)11-9(6)10(17)7(2)12(18-11)13(14,15)16/h4-5H,1-3H3,(H2,17,18). The van der Waals surface area contributed by atoms with Crippen molar-refractivity contribution in [2.24, 2.45) is 0 Å². The first-order valence-electron chi connectivity index (χ1n) is 5.58. The highest BCUT2D eigenvalue weighted by atomic mass is 19.4. The fourth-order valence-electron chi connectivity index (χ4n) is 2.08. The Bertz CT molecular complexity index is 651. The molecule has 0 spiro atoms. The van der Waals surface area contributed by atoms with Crippen molar-refractivity contribution in [3.05, 3.63) is 29.0 Å². The van der Waals surface area contributed by atoms with Gasteiger partial charge in [0, 0.05) is 16.6 Å². The molecule has 0 amide bonds. The third kappa shape index (κ3) is 2.07. The van der Waals surface area contributed by atoms with Crippen molar-refractivity contribution in [2.45, 2.75) is 20.0 Å². The van der Waals surface area contributed by atoms with Crippen molar-refractivity contribution in [3.8, 4) is 5.75 Å². The average molecular weight is 270 g/mol. The number of benzene rings is 1. The zero-order valence-corrected chi connectivity index (χ0v) is 10.7. The van der Waals surface area contributed by atoms with E-state index in [1.165, 1.54) is 14.0 Å². The molecule has 0 radical (unpaired) electrons. The third-order valence-corrected chi connectivity index (χ3v) is 3.09. The molecule has 6 heteroatoms. The highest BCUT2D eigenvalue weighted by Crippen LogP contribution is 2.39. The number of ether oxygens (including phenoxy) is 1. The van der Waals surface area contributed by atoms with E-state index in [9.17, 15) is 13.2 Å². The van der Waals surface area contributed by atoms with Gasteiger partial charge < -0.3 is 10.5 Å². The summed E-state index contributed by atoms with van der Waals surface area (Å²) < 4.78 is 43.9. The molecule has 2 N–H and O–H groups in total. The molecule has 0 aliphatic carbocycles. The van der Waals surface area contributed by atoms with Crippen LogP contribution in [0.25, 0.3) is 10.9 Å². The van der Waals surface area contributed by atoms with Crippen LogP contribution in [0.15, 0.2) is 12.1 Å². The number of fused-ring (bicyclic) bond motifs is 1. The maximum absolute atomic E-state index is 12.9. The fraction of sp³-hybridized carbons (Fsp3) is 0.308. The second kappa shape index (κ2) is 4.29. The minimum atomic E-state index is -4.54. The molecule has 0 aliphatic heterocycles. The molecule has 102 valence electrons. The molecule has 0 bridgehead atoms. The maximum Gasteiger partial charge on any atom is 0.433 e. The van der Waals surface area contributed by atoms with Crippen LogP contribution in [-0.2, 0) is 6.18 Å². The van der Waals surface area contributed by atoms with E-state index in [1.54, 1.807) is 19.1 Å². The van der Waals surface area contributed by atoms with E-state index in [2.05, 4.69) is 4.98 Å². The molecule has 0 atom stereocenters. The van der Waals surface area contributed by atoms with Crippen molar-refractivity contribution >= 4 is 16.6 Å². The molecule has 2 aromatic rings. The smallest absolute Gasteiger partial charge is 0.433 e. The number of nitrogen functional groups attached to an aromatic ring is 1. The zero-order valence-electron chi connectivity index (χ0n) is 10.7. The number of nitrogens with zero attached hydrogens (tertiary/aromatic N) is 1. The van der Waals surface area contributed by atoms with Crippen LogP contribution < -0.4 is 10.5 Å². The summed E-state index contributed by atoms with van der Waals surface area (Å²) in [5, 5.41) is 0.504. The Labute approximate surface area is 108 Å². The van der Waals surface area contributed by atoms with Gasteiger partial charge >= 0.3 is 6.18 Å². The van der Waals surface area contributed by atoms with Gasteiger partial charge in [-0.05, 0) is 25.5 Å². The Morgan fingerprint density at radius 1 is 1.21 bits per heavy atom. The topological polar surface area (TPSA) is 48.1 Å². The number of anilines is 1. The second-order valence-corrected chi connectivity index (χ2v) is 4.31. The van der Waals surface area contributed by atoms with Gasteiger partial charge in [-0.1, -0.05) is 6.07 Å². The van der Waals surface area contributed by atoms with Crippen molar-refractivity contribution < 1.29 is 17.9 Å². The van der Waals surface area contributed by atoms with Gasteiger partial charge in [0.2, 0.25) is 0 Å². The SMILES string of the molecule is COc1ccc(C)c2c(N)c(C)c(C(F)(F)F)nc12. The summed E-state index contributed by atoms with van der Waals surface area (Å²) in [7, 11) is 1.38. The van der Waals surface area contributed by atoms with Gasteiger partial charge in [-0.25, -0.2) is 4.98 Å². The van der Waals surface area contributed by atoms with Crippen LogP contribution in [0.1, 0.15) is 16.8 Å². The average Bonchev–Trinajstić information content (AvgIpc) is 2.32. The Morgan fingerprint density at radius 3 is 2.37 bits per heavy atom. The Kier molecular flexibility index (Phi) is 3.04. The van der Waals surface area contributed by atoms with Gasteiger partial charge in [0.1, 0.15) is 17.0 Å². The largest absolute Gasteiger partial charge is 0.494 e. The number of halogens is 3. The molecule has 19 heavy (non-hydrogen) atoms. The molecule has 1 heterocycles. The number of aromatic nitrogens is 1. The van der Waals surface area contributed by atoms with E-state index in [1.807, 2.05) is 0 Å². The number of aryl methyl sites for hydroxylation is 1. The number of hydrogen-bond donors (Lipinski definition) is 1. The first-order chi connectivity index (χ1) is 8.77. The first-order valence-corrected chi connectivity index (χ1v) is 5.58. The molecule has 3 nitrogen and oxygen atoms in total. The van der Waals surface area contributed by atoms with Gasteiger partial charge in [0.25, 0.3) is 0 Å². The predicted molar refractivity (Wildman–Crippen MR) is 67.2 cm³/mol. The molecule has 1 aromatic carbocycles. The monoisotopic (exact) mass is 270 g/mol. The summed E-state index contributed by atoms with van der Waals surface area (Å²) in [6.07, 6.45) is -4.54. The van der Waals surface area contributed by atoms with Crippen LogP contribution in [0.4, 0.5) is 18.9 Å². The molecule has 0 fully saturated rings. The van der Waals surface area contributed by atoms with Crippen LogP contribution in [-0.4, -0.2) is 12.1 Å². The molecular weight excluding hydrogens is 257 g/mol. The van der Waals surface area contributed by atoms with Gasteiger partial charge in [-0.3, -0.25) is 0 Å². The lowest BCUT2D eigenvalue weighted by atomic mass is 10.0. The van der Waals surface area contributed by atoms with Gasteiger partial charge in [0.05, 0.1) is 7.11 Å². The Morgan fingerprint density at radius 2 is 1.84 bits per heavy atom. The van der Waals surface area contributed by atoms with Gasteiger partial charge in [0.15, 0.2) is 0 Å². The number of hydrogen-bond acceptors (Lipinski definition) is 3. The van der Waals surface area contributed by atoms with Crippen LogP contribution in [0.3, 0.4) is 0 Å². The third-order valence-electron chi connectivity index (χ3n) is 3.09. The van der Waals surface area contributed by atoms with E-state index in [4.69, 9.17) is 10.5 Å². The minimum absolute atomic E-state index is 0.0589. The summed E-state index contributed by atoms with van der Waals surface area (Å²) in [6.45, 7) is 3.09. The lowest BCUT2D eigenvalue weighted by Gasteiger charge is -2.16. The normalized spacial score (nSPS) is 11.9. The predicted octanol–water partition coefficient (Wildman–Crippen LogP) is 3.46. The zero-order chi connectivity index (χ0) is 14.4. The van der Waals surface area contributed by atoms with Gasteiger partial charge in [-0.2, -0.15) is 13.2 Å². The minimum Gasteiger partial charge on any atom is -0.494 e. The van der Waals surface area contributed by atoms with E-state index >= 15 is 0 Å². The molecular formula is C13H13F3N2O. The summed E-state index contributed by atoms with van der Waals surface area (Å²) >= 11 is 0. The summed E-state index contributed by atoms with van der Waals surface area (Å²) in [4.78, 5) is 3.71. The molecule has 0 aliphatic rings. The van der Waals surface area contributed by atoms with Crippen molar-refractivity contribution in [3.63, 3.8) is 0 Å². The quantitative estimate of drug-likeness (QED) is 0.863. The Balaban J connectivity index is 2.96. The van der Waals surface area contributed by atoms with Crippen LogP contribution in [0.5, 0.6) is 5.75 Å². The van der Waals surface area contributed by atoms with Crippen molar-refractivity contribution in [2.75, 3.05) is 12.8 Å². The molecule has 1 aromatic heterocycles. The summed E-state index contributed by atoms with van der Waals surface area (Å²) in [6, 6.07) is 3.32. The van der Waals surface area contributed by atoms with Crippen molar-refractivity contribution in [1.29, 1.82) is 0 Å². The fourth-order valence-corrected chi connectivity index (χ4v) is 2.08. The maximum atomic E-state index is 12.9. The number of alkyl halides is 3. The van der Waals surface area contributed by atoms with E-state index in [-0.39, 0.29) is 22.5 Å². The molecule has 0 saturated carbocycles. The lowest BCUT2D eigenvalue weighted by molar-refractivity contribution is -0.141. The van der Waals surface area contributed by atoms with Crippen LogP contribution in [0, 0.1) is 13.8 Å². The summed E-state index contributed by atoms with van der Waals surface area (Å²) in [5.41, 5.74) is 5.80. The highest BCUT2D eigenvalue weighted by Gasteiger charge is 2.36. The highest BCUT2D eigenvalue weighted by molar-refractivity contribution is 5.98. The molecule has 0 saturated heterocycles. The van der Waals surface area contributed by atoms with E-state index < -0.39 is 11.9 Å². The van der Waals surface area contributed by atoms with Crippen molar-refractivity contribution in [1.82, 2.24) is 4.98 Å². The summed E-state index contributed by atoms with van der Waals surface area (Å²) in [5.74, 6) is 0.276. The van der Waals surface area contributed by atoms with Gasteiger partial charge in [-0.15, -0.1) is 0 Å².